The number of fused-ring (bicyclic) bond motifs is 1. The largest absolute Gasteiger partial charge is 0.345 e. The van der Waals surface area contributed by atoms with Gasteiger partial charge in [-0.15, -0.1) is 0 Å². The first kappa shape index (κ1) is 25.9. The number of benzene rings is 1. The summed E-state index contributed by atoms with van der Waals surface area (Å²) in [5, 5.41) is 8.35. The van der Waals surface area contributed by atoms with Crippen molar-refractivity contribution in [2.24, 2.45) is 0 Å². The summed E-state index contributed by atoms with van der Waals surface area (Å²) < 4.78 is 25.9. The van der Waals surface area contributed by atoms with Crippen LogP contribution in [0.1, 0.15) is 62.4 Å². The quantitative estimate of drug-likeness (QED) is 0.416. The molecule has 3 aromatic rings. The maximum atomic E-state index is 13.6. The van der Waals surface area contributed by atoms with Crippen molar-refractivity contribution < 1.29 is 13.2 Å². The van der Waals surface area contributed by atoms with Gasteiger partial charge in [0.15, 0.2) is 14.9 Å². The molecule has 0 saturated heterocycles. The summed E-state index contributed by atoms with van der Waals surface area (Å²) in [5.41, 5.74) is 4.87. The molecule has 1 aromatic carbocycles. The number of rotatable bonds is 8. The van der Waals surface area contributed by atoms with Gasteiger partial charge in [0.25, 0.3) is 5.91 Å². The van der Waals surface area contributed by atoms with Crippen LogP contribution in [-0.4, -0.2) is 35.3 Å². The first-order valence-electron chi connectivity index (χ1n) is 11.9. The van der Waals surface area contributed by atoms with Gasteiger partial charge in [-0.3, -0.25) is 4.79 Å². The molecule has 36 heavy (non-hydrogen) atoms. The van der Waals surface area contributed by atoms with Crippen LogP contribution in [0.5, 0.6) is 0 Å². The molecule has 1 aliphatic carbocycles. The predicted octanol–water partition coefficient (Wildman–Crippen LogP) is 5.56. The zero-order chi connectivity index (χ0) is 25.9. The van der Waals surface area contributed by atoms with Crippen molar-refractivity contribution in [1.29, 1.82) is 0 Å². The van der Waals surface area contributed by atoms with Gasteiger partial charge in [-0.1, -0.05) is 43.5 Å². The molecule has 0 fully saturated rings. The topological polar surface area (TPSA) is 93.9 Å². The summed E-state index contributed by atoms with van der Waals surface area (Å²) in [6, 6.07) is 10.3. The Morgan fingerprint density at radius 1 is 1.19 bits per heavy atom. The van der Waals surface area contributed by atoms with E-state index in [-0.39, 0.29) is 17.0 Å². The first-order chi connectivity index (χ1) is 17.2. The minimum Gasteiger partial charge on any atom is -0.345 e. The lowest BCUT2D eigenvalue weighted by atomic mass is 10.0. The van der Waals surface area contributed by atoms with Crippen LogP contribution in [0, 0.1) is 0 Å². The fourth-order valence-corrected chi connectivity index (χ4v) is 4.97. The van der Waals surface area contributed by atoms with Gasteiger partial charge in [-0.2, -0.15) is 5.10 Å². The van der Waals surface area contributed by atoms with Gasteiger partial charge in [-0.05, 0) is 67.3 Å². The smallest absolute Gasteiger partial charge is 0.252 e. The maximum Gasteiger partial charge on any atom is 0.252 e. The molecule has 2 aromatic heterocycles. The van der Waals surface area contributed by atoms with Crippen molar-refractivity contribution in [3.05, 3.63) is 82.3 Å². The molecule has 2 heterocycles. The van der Waals surface area contributed by atoms with Gasteiger partial charge in [-0.25, -0.2) is 18.1 Å². The Labute approximate surface area is 216 Å². The predicted molar refractivity (Wildman–Crippen MR) is 143 cm³/mol. The third-order valence-electron chi connectivity index (χ3n) is 6.20. The molecule has 0 aliphatic heterocycles. The van der Waals surface area contributed by atoms with E-state index in [0.717, 1.165) is 36.0 Å². The van der Waals surface area contributed by atoms with E-state index >= 15 is 0 Å². The Kier molecular flexibility index (Phi) is 7.76. The molecule has 1 N–H and O–H groups in total. The van der Waals surface area contributed by atoms with Gasteiger partial charge in [0.2, 0.25) is 0 Å². The highest BCUT2D eigenvalue weighted by Gasteiger charge is 2.25. The summed E-state index contributed by atoms with van der Waals surface area (Å²) in [4.78, 5) is 17.6. The summed E-state index contributed by atoms with van der Waals surface area (Å²) >= 11 is 6.07. The second-order valence-electron chi connectivity index (χ2n) is 8.82. The molecule has 9 heteroatoms. The molecule has 188 valence electrons. The molecule has 1 aliphatic rings. The van der Waals surface area contributed by atoms with Crippen molar-refractivity contribution >= 4 is 39.0 Å². The van der Waals surface area contributed by atoms with Crippen LogP contribution in [0.4, 0.5) is 0 Å². The molecule has 1 atom stereocenters. The molecular weight excluding hydrogens is 496 g/mol. The fourth-order valence-electron chi connectivity index (χ4n) is 4.24. The van der Waals surface area contributed by atoms with Crippen LogP contribution in [0.3, 0.4) is 0 Å². The van der Waals surface area contributed by atoms with Gasteiger partial charge in [0.05, 0.1) is 23.6 Å². The minimum atomic E-state index is -3.46. The number of nitrogens with one attached hydrogen (secondary N) is 1. The number of carbonyl (C=O) groups excluding carboxylic acids is 1. The molecule has 0 spiro atoms. The molecule has 7 nitrogen and oxygen atoms in total. The number of halogens is 1. The van der Waals surface area contributed by atoms with E-state index < -0.39 is 9.84 Å². The summed E-state index contributed by atoms with van der Waals surface area (Å²) in [6.45, 7) is 4.11. The van der Waals surface area contributed by atoms with Crippen LogP contribution >= 0.6 is 11.6 Å². The third-order valence-corrected chi connectivity index (χ3v) is 7.43. The Bertz CT molecular complexity index is 1440. The second-order valence-corrected chi connectivity index (χ2v) is 11.2. The summed E-state index contributed by atoms with van der Waals surface area (Å²) in [6.07, 6.45) is 11.3. The van der Waals surface area contributed by atoms with Gasteiger partial charge < -0.3 is 5.32 Å². The van der Waals surface area contributed by atoms with Crippen molar-refractivity contribution in [2.45, 2.75) is 50.6 Å². The zero-order valence-corrected chi connectivity index (χ0v) is 22.1. The van der Waals surface area contributed by atoms with Gasteiger partial charge in [0, 0.05) is 28.6 Å². The van der Waals surface area contributed by atoms with E-state index in [1.54, 1.807) is 12.3 Å². The first-order valence-corrected chi connectivity index (χ1v) is 14.2. The number of hydrogen-bond acceptors (Lipinski definition) is 5. The average molecular weight is 525 g/mol. The van der Waals surface area contributed by atoms with E-state index in [4.69, 9.17) is 11.6 Å². The maximum absolute atomic E-state index is 13.6. The lowest BCUT2D eigenvalue weighted by Crippen LogP contribution is -2.29. The number of amides is 1. The van der Waals surface area contributed by atoms with Crippen molar-refractivity contribution in [1.82, 2.24) is 20.1 Å². The molecule has 1 amide bonds. The Balaban J connectivity index is 1.70. The number of aromatic nitrogens is 3. The highest BCUT2D eigenvalue weighted by Crippen LogP contribution is 2.31. The van der Waals surface area contributed by atoms with Crippen molar-refractivity contribution in [3.63, 3.8) is 0 Å². The number of carbonyl (C=O) groups is 1. The van der Waals surface area contributed by atoms with E-state index in [9.17, 15) is 13.2 Å². The lowest BCUT2D eigenvalue weighted by molar-refractivity contribution is -0.116. The number of pyridine rings is 1. The zero-order valence-electron chi connectivity index (χ0n) is 20.5. The number of hydrogen-bond donors (Lipinski definition) is 1. The molecule has 4 rings (SSSR count). The summed E-state index contributed by atoms with van der Waals surface area (Å²) in [7, 11) is -3.46. The minimum absolute atomic E-state index is 0.00708. The number of sulfone groups is 1. The molecule has 0 bridgehead atoms. The SMILES string of the molecule is CCCC(NC(=O)C1=CCC(CC)=Cc2c1cnn2-c1ccc(Cl)cc1)c1ccnc(S(C)(=O)=O)c1. The van der Waals surface area contributed by atoms with E-state index in [1.807, 2.05) is 41.9 Å². The van der Waals surface area contributed by atoms with Crippen LogP contribution in [0.15, 0.2) is 65.5 Å². The van der Waals surface area contributed by atoms with E-state index in [0.29, 0.717) is 29.0 Å². The average Bonchev–Trinajstić information content (AvgIpc) is 3.16. The van der Waals surface area contributed by atoms with E-state index in [1.165, 1.54) is 17.8 Å². The molecule has 0 saturated carbocycles. The van der Waals surface area contributed by atoms with Crippen LogP contribution in [0.2, 0.25) is 5.02 Å². The van der Waals surface area contributed by atoms with Crippen LogP contribution in [0.25, 0.3) is 17.3 Å². The van der Waals surface area contributed by atoms with Crippen molar-refractivity contribution in [2.75, 3.05) is 6.26 Å². The Morgan fingerprint density at radius 2 is 1.94 bits per heavy atom. The second kappa shape index (κ2) is 10.8. The fraction of sp³-hybridized carbons (Fsp3) is 0.296. The van der Waals surface area contributed by atoms with Crippen LogP contribution < -0.4 is 5.32 Å². The Hall–Kier alpha value is -3.23. The highest BCUT2D eigenvalue weighted by atomic mass is 35.5. The third kappa shape index (κ3) is 5.60. The highest BCUT2D eigenvalue weighted by molar-refractivity contribution is 7.90. The number of allylic oxidation sites excluding steroid dienone is 2. The molecule has 0 radical (unpaired) electrons. The monoisotopic (exact) mass is 524 g/mol. The molecular formula is C27H29ClN4O3S. The van der Waals surface area contributed by atoms with Gasteiger partial charge >= 0.3 is 0 Å². The normalized spacial score (nSPS) is 14.3. The molecule has 1 unspecified atom stereocenters. The summed E-state index contributed by atoms with van der Waals surface area (Å²) in [5.74, 6) is -0.228. The van der Waals surface area contributed by atoms with Gasteiger partial charge in [0.1, 0.15) is 0 Å². The van der Waals surface area contributed by atoms with Crippen LogP contribution in [-0.2, 0) is 14.6 Å². The van der Waals surface area contributed by atoms with E-state index in [2.05, 4.69) is 28.4 Å². The van der Waals surface area contributed by atoms with Crippen molar-refractivity contribution in [3.8, 4) is 5.69 Å². The Morgan fingerprint density at radius 3 is 2.61 bits per heavy atom. The standard InChI is InChI=1S/C27H29ClN4O3S/c1-4-6-24(19-13-14-29-26(16-19)36(3,34)35)31-27(33)22-12-7-18(5-2)15-25-23(22)17-30-32(25)21-10-8-20(28)9-11-21/h8-17,24H,4-7H2,1-3H3,(H,31,33). The number of nitrogens with zero attached hydrogens (tertiary/aromatic N) is 3. The lowest BCUT2D eigenvalue weighted by Gasteiger charge is -2.20.